The quantitative estimate of drug-likeness (QED) is 0.539. The Morgan fingerprint density at radius 1 is 1.39 bits per heavy atom. The Bertz CT molecular complexity index is 1130. The number of sulfone groups is 1. The van der Waals surface area contributed by atoms with Crippen LogP contribution in [0.3, 0.4) is 0 Å². The van der Waals surface area contributed by atoms with E-state index in [2.05, 4.69) is 20.5 Å². The van der Waals surface area contributed by atoms with Crippen molar-refractivity contribution >= 4 is 42.6 Å². The molecule has 0 bridgehead atoms. The second-order valence-electron chi connectivity index (χ2n) is 7.43. The van der Waals surface area contributed by atoms with Crippen LogP contribution in [0, 0.1) is 11.8 Å². The van der Waals surface area contributed by atoms with E-state index in [4.69, 9.17) is 5.21 Å². The van der Waals surface area contributed by atoms with Gasteiger partial charge in [0.2, 0.25) is 0 Å². The molecule has 8 heteroatoms. The number of allylic oxidation sites excluding steroid dienone is 3. The third-order valence-corrected chi connectivity index (χ3v) is 7.82. The third kappa shape index (κ3) is 3.33. The van der Waals surface area contributed by atoms with Gasteiger partial charge < -0.3 is 4.57 Å². The summed E-state index contributed by atoms with van der Waals surface area (Å²) in [6.45, 7) is 2.54. The first kappa shape index (κ1) is 19.4. The third-order valence-electron chi connectivity index (χ3n) is 5.77. The van der Waals surface area contributed by atoms with Crippen molar-refractivity contribution in [3.05, 3.63) is 57.7 Å². The number of fused-ring (bicyclic) bond motifs is 3. The molecule has 2 aromatic rings. The van der Waals surface area contributed by atoms with Gasteiger partial charge in [-0.3, -0.25) is 10.0 Å². The zero-order valence-corrected chi connectivity index (χ0v) is 17.8. The number of carbonyl (C=O) groups is 1. The average Bonchev–Trinajstić information content (AvgIpc) is 2.94. The monoisotopic (exact) mass is 464 g/mol. The van der Waals surface area contributed by atoms with E-state index >= 15 is 0 Å². The molecule has 2 aliphatic rings. The second kappa shape index (κ2) is 7.17. The first-order chi connectivity index (χ1) is 13.3. The van der Waals surface area contributed by atoms with Gasteiger partial charge in [0.25, 0.3) is 5.91 Å². The normalized spacial score (nSPS) is 23.3. The van der Waals surface area contributed by atoms with Gasteiger partial charge in [-0.2, -0.15) is 0 Å². The molecule has 1 aliphatic heterocycles. The molecule has 0 saturated heterocycles. The van der Waals surface area contributed by atoms with Gasteiger partial charge in [-0.1, -0.05) is 41.1 Å². The summed E-state index contributed by atoms with van der Waals surface area (Å²) in [6, 6.07) is 5.94. The standard InChI is InChI=1S/C20H21BrN2O4S/c1-12-13(3-2-4-15(12)20(24)22-25)10-23-18-6-5-14(21)9-16(18)17-11-28(26,27)8-7-19(17)23/h2-6,9,12,15,25H,7-8,10-11H2,1H3,(H,22,24). The molecule has 1 aliphatic carbocycles. The lowest BCUT2D eigenvalue weighted by atomic mass is 9.83. The fraction of sp³-hybridized carbons (Fsp3) is 0.350. The maximum Gasteiger partial charge on any atom is 0.250 e. The smallest absolute Gasteiger partial charge is 0.250 e. The van der Waals surface area contributed by atoms with Crippen molar-refractivity contribution in [2.24, 2.45) is 11.8 Å². The van der Waals surface area contributed by atoms with Crippen molar-refractivity contribution in [1.29, 1.82) is 0 Å². The van der Waals surface area contributed by atoms with Crippen molar-refractivity contribution in [2.45, 2.75) is 25.6 Å². The van der Waals surface area contributed by atoms with Crippen molar-refractivity contribution in [3.63, 3.8) is 0 Å². The summed E-state index contributed by atoms with van der Waals surface area (Å²) in [7, 11) is -3.09. The van der Waals surface area contributed by atoms with Crippen LogP contribution < -0.4 is 5.48 Å². The number of nitrogens with one attached hydrogen (secondary N) is 1. The van der Waals surface area contributed by atoms with E-state index in [1.807, 2.05) is 37.3 Å². The minimum absolute atomic E-state index is 0.0618. The van der Waals surface area contributed by atoms with Crippen molar-refractivity contribution < 1.29 is 18.4 Å². The van der Waals surface area contributed by atoms with Crippen LogP contribution in [0.5, 0.6) is 0 Å². The summed E-state index contributed by atoms with van der Waals surface area (Å²) in [5.74, 6) is -0.720. The van der Waals surface area contributed by atoms with E-state index in [0.717, 1.165) is 32.2 Å². The van der Waals surface area contributed by atoms with Crippen molar-refractivity contribution in [1.82, 2.24) is 10.0 Å². The van der Waals surface area contributed by atoms with E-state index in [-0.39, 0.29) is 17.4 Å². The predicted octanol–water partition coefficient (Wildman–Crippen LogP) is 3.13. The zero-order chi connectivity index (χ0) is 20.1. The molecule has 28 heavy (non-hydrogen) atoms. The molecule has 2 unspecified atom stereocenters. The number of hydrogen-bond donors (Lipinski definition) is 2. The topological polar surface area (TPSA) is 88.4 Å². The number of aromatic nitrogens is 1. The molecule has 2 atom stereocenters. The van der Waals surface area contributed by atoms with Gasteiger partial charge in [-0.25, -0.2) is 13.9 Å². The van der Waals surface area contributed by atoms with Crippen LogP contribution in [0.25, 0.3) is 10.9 Å². The molecule has 0 spiro atoms. The SMILES string of the molecule is CC1C(Cn2c3c(c4cc(Br)ccc42)CS(=O)(=O)CC3)=CC=CC1C(=O)NO. The fourth-order valence-corrected chi connectivity index (χ4v) is 6.01. The largest absolute Gasteiger partial charge is 0.340 e. The molecule has 0 saturated carbocycles. The molecule has 1 amide bonds. The highest BCUT2D eigenvalue weighted by Crippen LogP contribution is 2.36. The average molecular weight is 465 g/mol. The van der Waals surface area contributed by atoms with Crippen molar-refractivity contribution in [3.8, 4) is 0 Å². The van der Waals surface area contributed by atoms with Gasteiger partial charge in [0.1, 0.15) is 0 Å². The Hall–Kier alpha value is -1.90. The van der Waals surface area contributed by atoms with Gasteiger partial charge in [0.15, 0.2) is 9.84 Å². The molecule has 2 N–H and O–H groups in total. The molecule has 6 nitrogen and oxygen atoms in total. The number of nitrogens with zero attached hydrogens (tertiary/aromatic N) is 1. The number of hydroxylamine groups is 1. The van der Waals surface area contributed by atoms with Crippen LogP contribution in [0.15, 0.2) is 46.5 Å². The minimum Gasteiger partial charge on any atom is -0.340 e. The lowest BCUT2D eigenvalue weighted by Gasteiger charge is -2.26. The van der Waals surface area contributed by atoms with E-state index in [1.54, 1.807) is 11.6 Å². The summed E-state index contributed by atoms with van der Waals surface area (Å²) in [6.07, 6.45) is 6.12. The van der Waals surface area contributed by atoms with E-state index in [0.29, 0.717) is 13.0 Å². The van der Waals surface area contributed by atoms with Gasteiger partial charge in [0, 0.05) is 34.0 Å². The lowest BCUT2D eigenvalue weighted by Crippen LogP contribution is -2.33. The Morgan fingerprint density at radius 3 is 2.93 bits per heavy atom. The van der Waals surface area contributed by atoms with Crippen LogP contribution in [0.4, 0.5) is 0 Å². The first-order valence-corrected chi connectivity index (χ1v) is 11.7. The number of rotatable bonds is 3. The molecule has 2 heterocycles. The van der Waals surface area contributed by atoms with Crippen LogP contribution in [0.2, 0.25) is 0 Å². The first-order valence-electron chi connectivity index (χ1n) is 9.12. The summed E-state index contributed by atoms with van der Waals surface area (Å²) in [4.78, 5) is 12.0. The summed E-state index contributed by atoms with van der Waals surface area (Å²) < 4.78 is 27.6. The molecule has 1 aromatic carbocycles. The maximum atomic E-state index is 12.2. The molecular formula is C20H21BrN2O4S. The van der Waals surface area contributed by atoms with Gasteiger partial charge in [-0.05, 0) is 35.3 Å². The number of benzene rings is 1. The number of carbonyl (C=O) groups excluding carboxylic acids is 1. The van der Waals surface area contributed by atoms with Gasteiger partial charge >= 0.3 is 0 Å². The van der Waals surface area contributed by atoms with Crippen LogP contribution >= 0.6 is 15.9 Å². The van der Waals surface area contributed by atoms with E-state index in [1.165, 1.54) is 0 Å². The molecule has 0 radical (unpaired) electrons. The van der Waals surface area contributed by atoms with Crippen LogP contribution in [-0.2, 0) is 33.4 Å². The fourth-order valence-electron chi connectivity index (χ4n) is 4.24. The van der Waals surface area contributed by atoms with Crippen LogP contribution in [0.1, 0.15) is 18.2 Å². The van der Waals surface area contributed by atoms with Gasteiger partial charge in [-0.15, -0.1) is 0 Å². The highest BCUT2D eigenvalue weighted by atomic mass is 79.9. The highest BCUT2D eigenvalue weighted by Gasteiger charge is 2.31. The van der Waals surface area contributed by atoms with Gasteiger partial charge in [0.05, 0.1) is 17.4 Å². The highest BCUT2D eigenvalue weighted by molar-refractivity contribution is 9.10. The number of halogens is 1. The Kier molecular flexibility index (Phi) is 4.97. The lowest BCUT2D eigenvalue weighted by molar-refractivity contribution is -0.132. The Labute approximate surface area is 171 Å². The minimum atomic E-state index is -3.09. The number of amides is 1. The molecule has 4 rings (SSSR count). The van der Waals surface area contributed by atoms with E-state index < -0.39 is 21.7 Å². The predicted molar refractivity (Wildman–Crippen MR) is 111 cm³/mol. The molecule has 1 aromatic heterocycles. The summed E-state index contributed by atoms with van der Waals surface area (Å²) in [5, 5.41) is 9.96. The maximum absolute atomic E-state index is 12.2. The summed E-state index contributed by atoms with van der Waals surface area (Å²) >= 11 is 3.49. The molecule has 148 valence electrons. The Morgan fingerprint density at radius 2 is 2.18 bits per heavy atom. The number of hydrogen-bond acceptors (Lipinski definition) is 4. The van der Waals surface area contributed by atoms with E-state index in [9.17, 15) is 13.2 Å². The summed E-state index contributed by atoms with van der Waals surface area (Å²) in [5.41, 5.74) is 5.73. The Balaban J connectivity index is 1.79. The molecular weight excluding hydrogens is 444 g/mol. The van der Waals surface area contributed by atoms with Crippen LogP contribution in [-0.4, -0.2) is 29.9 Å². The van der Waals surface area contributed by atoms with Crippen molar-refractivity contribution in [2.75, 3.05) is 5.75 Å². The second-order valence-corrected chi connectivity index (χ2v) is 10.5. The molecule has 0 fully saturated rings. The zero-order valence-electron chi connectivity index (χ0n) is 15.4.